The molecule has 19 heavy (non-hydrogen) atoms. The predicted molar refractivity (Wildman–Crippen MR) is 70.3 cm³/mol. The largest absolute Gasteiger partial charge is 0.393 e. The molecular weight excluding hydrogens is 246 g/mol. The average molecular weight is 269 g/mol. The van der Waals surface area contributed by atoms with Crippen LogP contribution in [0.25, 0.3) is 0 Å². The van der Waals surface area contributed by atoms with Crippen molar-refractivity contribution in [2.75, 3.05) is 33.2 Å². The average Bonchev–Trinajstić information content (AvgIpc) is 2.34. The summed E-state index contributed by atoms with van der Waals surface area (Å²) in [6.45, 7) is 6.67. The molecule has 0 spiro atoms. The maximum absolute atomic E-state index is 12.4. The number of hydrogen-bond acceptors (Lipinski definition) is 4. The summed E-state index contributed by atoms with van der Waals surface area (Å²) >= 11 is 0. The first kappa shape index (κ1) is 14.3. The molecule has 2 aliphatic heterocycles. The van der Waals surface area contributed by atoms with E-state index in [0.29, 0.717) is 0 Å². The van der Waals surface area contributed by atoms with Crippen LogP contribution < -0.4 is 5.32 Å². The Morgan fingerprint density at radius 3 is 2.37 bits per heavy atom. The zero-order chi connectivity index (χ0) is 14.2. The molecular formula is C13H23N3O3. The van der Waals surface area contributed by atoms with Crippen LogP contribution in [-0.2, 0) is 9.59 Å². The van der Waals surface area contributed by atoms with Gasteiger partial charge in [-0.25, -0.2) is 0 Å². The van der Waals surface area contributed by atoms with Crippen LogP contribution >= 0.6 is 0 Å². The Hall–Kier alpha value is -1.14. The van der Waals surface area contributed by atoms with E-state index in [-0.39, 0.29) is 23.8 Å². The van der Waals surface area contributed by atoms with Gasteiger partial charge in [-0.15, -0.1) is 0 Å². The van der Waals surface area contributed by atoms with Gasteiger partial charge in [-0.2, -0.15) is 0 Å². The zero-order valence-electron chi connectivity index (χ0n) is 11.8. The minimum absolute atomic E-state index is 0.0729. The molecule has 2 saturated heterocycles. The van der Waals surface area contributed by atoms with E-state index in [1.165, 1.54) is 0 Å². The highest BCUT2D eigenvalue weighted by molar-refractivity contribution is 5.90. The molecule has 0 aromatic rings. The Bertz CT molecular complexity index is 364. The topological polar surface area (TPSA) is 72.9 Å². The normalized spacial score (nSPS) is 31.4. The van der Waals surface area contributed by atoms with Crippen molar-refractivity contribution in [3.63, 3.8) is 0 Å². The molecule has 2 fully saturated rings. The number of carbonyl (C=O) groups is 2. The highest BCUT2D eigenvalue weighted by Crippen LogP contribution is 2.26. The van der Waals surface area contributed by atoms with Gasteiger partial charge in [-0.3, -0.25) is 9.59 Å². The van der Waals surface area contributed by atoms with Crippen molar-refractivity contribution in [3.05, 3.63) is 0 Å². The second-order valence-corrected chi connectivity index (χ2v) is 5.72. The van der Waals surface area contributed by atoms with E-state index >= 15 is 0 Å². The van der Waals surface area contributed by atoms with Crippen LogP contribution in [0, 0.1) is 11.8 Å². The van der Waals surface area contributed by atoms with Gasteiger partial charge >= 0.3 is 0 Å². The van der Waals surface area contributed by atoms with E-state index < -0.39 is 12.0 Å². The fraction of sp³-hybridized carbons (Fsp3) is 0.846. The second kappa shape index (κ2) is 5.46. The summed E-state index contributed by atoms with van der Waals surface area (Å²) in [5, 5.41) is 12.3. The fourth-order valence-corrected chi connectivity index (χ4v) is 2.84. The number of nitrogens with one attached hydrogen (secondary N) is 1. The third-order valence-corrected chi connectivity index (χ3v) is 4.26. The Kier molecular flexibility index (Phi) is 4.10. The monoisotopic (exact) mass is 269 g/mol. The van der Waals surface area contributed by atoms with Crippen molar-refractivity contribution >= 4 is 11.8 Å². The molecule has 0 bridgehead atoms. The van der Waals surface area contributed by atoms with Crippen molar-refractivity contribution < 1.29 is 14.7 Å². The van der Waals surface area contributed by atoms with E-state index in [4.69, 9.17) is 0 Å². The molecule has 0 radical (unpaired) electrons. The lowest BCUT2D eigenvalue weighted by Crippen LogP contribution is -2.66. The second-order valence-electron chi connectivity index (χ2n) is 5.72. The minimum Gasteiger partial charge on any atom is -0.393 e. The number of amides is 2. The lowest BCUT2D eigenvalue weighted by molar-refractivity contribution is -0.149. The molecule has 0 aromatic carbocycles. The molecule has 2 amide bonds. The molecule has 2 aliphatic rings. The first-order valence-electron chi connectivity index (χ1n) is 6.87. The van der Waals surface area contributed by atoms with Crippen LogP contribution in [0.3, 0.4) is 0 Å². The summed E-state index contributed by atoms with van der Waals surface area (Å²) in [6.07, 6.45) is -0.707. The molecule has 0 saturated carbocycles. The molecule has 108 valence electrons. The van der Waals surface area contributed by atoms with Crippen LogP contribution in [0.4, 0.5) is 0 Å². The van der Waals surface area contributed by atoms with E-state index in [1.54, 1.807) is 6.92 Å². The van der Waals surface area contributed by atoms with E-state index in [1.807, 2.05) is 18.9 Å². The van der Waals surface area contributed by atoms with Gasteiger partial charge in [-0.05, 0) is 14.0 Å². The number of aliphatic hydroxyl groups is 1. The van der Waals surface area contributed by atoms with Crippen molar-refractivity contribution in [1.29, 1.82) is 0 Å². The van der Waals surface area contributed by atoms with E-state index in [9.17, 15) is 14.7 Å². The Morgan fingerprint density at radius 2 is 1.89 bits per heavy atom. The van der Waals surface area contributed by atoms with Crippen molar-refractivity contribution in [1.82, 2.24) is 15.1 Å². The highest BCUT2D eigenvalue weighted by Gasteiger charge is 2.47. The maximum atomic E-state index is 12.4. The van der Waals surface area contributed by atoms with Crippen LogP contribution in [0.15, 0.2) is 0 Å². The van der Waals surface area contributed by atoms with Gasteiger partial charge in [0.05, 0.1) is 24.0 Å². The summed E-state index contributed by atoms with van der Waals surface area (Å²) in [5.41, 5.74) is 0. The Balaban J connectivity index is 1.94. The number of aliphatic hydroxyl groups excluding tert-OH is 1. The van der Waals surface area contributed by atoms with Crippen LogP contribution in [-0.4, -0.2) is 72.1 Å². The summed E-state index contributed by atoms with van der Waals surface area (Å²) in [4.78, 5) is 27.9. The van der Waals surface area contributed by atoms with Crippen molar-refractivity contribution in [2.45, 2.75) is 26.0 Å². The number of carbonyl (C=O) groups excluding carboxylic acids is 2. The Labute approximate surface area is 113 Å². The van der Waals surface area contributed by atoms with Gasteiger partial charge < -0.3 is 20.2 Å². The highest BCUT2D eigenvalue weighted by atomic mass is 16.3. The summed E-state index contributed by atoms with van der Waals surface area (Å²) < 4.78 is 0. The first-order chi connectivity index (χ1) is 8.91. The molecule has 2 N–H and O–H groups in total. The number of likely N-dealkylation sites (N-methyl/N-ethyl adjacent to an activating group) is 1. The van der Waals surface area contributed by atoms with Crippen molar-refractivity contribution in [2.24, 2.45) is 11.8 Å². The van der Waals surface area contributed by atoms with Crippen LogP contribution in [0.5, 0.6) is 0 Å². The van der Waals surface area contributed by atoms with Gasteiger partial charge in [0.1, 0.15) is 0 Å². The van der Waals surface area contributed by atoms with E-state index in [2.05, 4.69) is 10.2 Å². The number of nitrogens with zero attached hydrogens (tertiary/aromatic N) is 2. The predicted octanol–water partition coefficient (Wildman–Crippen LogP) is -1.11. The number of piperazine rings is 1. The molecule has 6 heteroatoms. The smallest absolute Gasteiger partial charge is 0.228 e. The summed E-state index contributed by atoms with van der Waals surface area (Å²) in [7, 11) is 2.04. The lowest BCUT2D eigenvalue weighted by atomic mass is 9.78. The van der Waals surface area contributed by atoms with Crippen molar-refractivity contribution in [3.8, 4) is 0 Å². The fourth-order valence-electron chi connectivity index (χ4n) is 2.84. The van der Waals surface area contributed by atoms with Crippen LogP contribution in [0.2, 0.25) is 0 Å². The number of hydrogen-bond donors (Lipinski definition) is 2. The Morgan fingerprint density at radius 1 is 1.32 bits per heavy atom. The number of β-lactam (4-membered cyclic amide) rings is 1. The molecule has 6 nitrogen and oxygen atoms in total. The molecule has 0 aliphatic carbocycles. The molecule has 2 rings (SSSR count). The molecule has 4 atom stereocenters. The summed E-state index contributed by atoms with van der Waals surface area (Å²) in [5.74, 6) is -0.811. The van der Waals surface area contributed by atoms with Gasteiger partial charge in [0.2, 0.25) is 11.8 Å². The first-order valence-corrected chi connectivity index (χ1v) is 6.87. The van der Waals surface area contributed by atoms with Gasteiger partial charge in [0, 0.05) is 26.2 Å². The molecule has 0 aromatic heterocycles. The van der Waals surface area contributed by atoms with Gasteiger partial charge in [0.25, 0.3) is 0 Å². The van der Waals surface area contributed by atoms with Crippen LogP contribution in [0.1, 0.15) is 13.8 Å². The third kappa shape index (κ3) is 2.74. The SMILES string of the molecule is CC(O)C1C(=O)NC1C(C)C(=O)N1CCN(C)CC1. The van der Waals surface area contributed by atoms with Gasteiger partial charge in [-0.1, -0.05) is 6.92 Å². The number of rotatable bonds is 3. The summed E-state index contributed by atoms with van der Waals surface area (Å²) in [6, 6.07) is -0.236. The minimum atomic E-state index is -0.707. The van der Waals surface area contributed by atoms with Gasteiger partial charge in [0.15, 0.2) is 0 Å². The lowest BCUT2D eigenvalue weighted by Gasteiger charge is -2.43. The zero-order valence-corrected chi connectivity index (χ0v) is 11.8. The standard InChI is InChI=1S/C13H23N3O3/c1-8(11-10(9(2)17)12(18)14-11)13(19)16-6-4-15(3)5-7-16/h8-11,17H,4-7H2,1-3H3,(H,14,18). The molecule has 4 unspecified atom stereocenters. The third-order valence-electron chi connectivity index (χ3n) is 4.26. The quantitative estimate of drug-likeness (QED) is 0.637. The van der Waals surface area contributed by atoms with E-state index in [0.717, 1.165) is 26.2 Å². The maximum Gasteiger partial charge on any atom is 0.228 e. The molecule has 2 heterocycles.